The van der Waals surface area contributed by atoms with E-state index in [-0.39, 0.29) is 48.3 Å². The van der Waals surface area contributed by atoms with Gasteiger partial charge in [0.25, 0.3) is 0 Å². The zero-order valence-corrected chi connectivity index (χ0v) is 20.0. The summed E-state index contributed by atoms with van der Waals surface area (Å²) < 4.78 is 11.6. The molecule has 3 aliphatic rings. The van der Waals surface area contributed by atoms with Gasteiger partial charge in [0.2, 0.25) is 0 Å². The molecule has 0 radical (unpaired) electrons. The van der Waals surface area contributed by atoms with E-state index in [9.17, 15) is 19.8 Å². The molecule has 0 unspecified atom stereocenters. The first kappa shape index (κ1) is 25.0. The Balaban J connectivity index is 1.75. The van der Waals surface area contributed by atoms with Gasteiger partial charge in [-0.05, 0) is 50.5 Å². The highest BCUT2D eigenvalue weighted by Crippen LogP contribution is 2.44. The van der Waals surface area contributed by atoms with E-state index in [1.165, 1.54) is 0 Å². The minimum Gasteiger partial charge on any atom is -0.462 e. The molecule has 7 atom stereocenters. The number of ether oxygens (including phenoxy) is 2. The largest absolute Gasteiger partial charge is 0.462 e. The van der Waals surface area contributed by atoms with E-state index in [1.54, 1.807) is 0 Å². The lowest BCUT2D eigenvalue weighted by molar-refractivity contribution is -0.167. The minimum atomic E-state index is -0.640. The number of cyclic esters (lactones) is 1. The van der Waals surface area contributed by atoms with Crippen molar-refractivity contribution in [2.75, 3.05) is 0 Å². The van der Waals surface area contributed by atoms with Gasteiger partial charge in [-0.3, -0.25) is 9.59 Å². The van der Waals surface area contributed by atoms with E-state index in [2.05, 4.69) is 19.9 Å². The summed E-state index contributed by atoms with van der Waals surface area (Å²) in [6.07, 6.45) is 9.32. The predicted molar refractivity (Wildman–Crippen MR) is 122 cm³/mol. The fraction of sp³-hybridized carbons (Fsp3) is 0.769. The van der Waals surface area contributed by atoms with E-state index in [4.69, 9.17) is 9.47 Å². The molecule has 0 spiro atoms. The van der Waals surface area contributed by atoms with Gasteiger partial charge < -0.3 is 19.7 Å². The molecule has 2 N–H and O–H groups in total. The van der Waals surface area contributed by atoms with Crippen molar-refractivity contribution in [3.63, 3.8) is 0 Å². The average molecular weight is 449 g/mol. The summed E-state index contributed by atoms with van der Waals surface area (Å²) in [5.41, 5.74) is 0.469. The molecule has 0 saturated carbocycles. The maximum absolute atomic E-state index is 13.1. The molecule has 3 rings (SSSR count). The fourth-order valence-electron chi connectivity index (χ4n) is 5.52. The second-order valence-electron chi connectivity index (χ2n) is 10.6. The molecular formula is C26H40O6. The number of hydrogen-bond acceptors (Lipinski definition) is 6. The number of fused-ring (bicyclic) bond motifs is 1. The van der Waals surface area contributed by atoms with Crippen LogP contribution in [0.1, 0.15) is 79.1 Å². The Morgan fingerprint density at radius 2 is 2.06 bits per heavy atom. The maximum atomic E-state index is 13.1. The zero-order chi connectivity index (χ0) is 23.5. The molecule has 1 fully saturated rings. The summed E-state index contributed by atoms with van der Waals surface area (Å²) in [5, 5.41) is 20.4. The van der Waals surface area contributed by atoms with Crippen molar-refractivity contribution < 1.29 is 29.3 Å². The third-order valence-electron chi connectivity index (χ3n) is 7.39. The number of aliphatic hydroxyl groups excluding tert-OH is 2. The summed E-state index contributed by atoms with van der Waals surface area (Å²) in [6.45, 7) is 8.12. The van der Waals surface area contributed by atoms with E-state index >= 15 is 0 Å². The van der Waals surface area contributed by atoms with Gasteiger partial charge in [0.05, 0.1) is 24.0 Å². The van der Waals surface area contributed by atoms with Crippen LogP contribution in [-0.2, 0) is 19.1 Å². The van der Waals surface area contributed by atoms with Crippen molar-refractivity contribution in [3.05, 3.63) is 23.8 Å². The van der Waals surface area contributed by atoms with Crippen LogP contribution in [0.2, 0.25) is 0 Å². The molecule has 0 aromatic carbocycles. The quantitative estimate of drug-likeness (QED) is 0.543. The summed E-state index contributed by atoms with van der Waals surface area (Å²) in [6, 6.07) is 0. The van der Waals surface area contributed by atoms with Crippen molar-refractivity contribution in [2.45, 2.75) is 103 Å². The number of rotatable bonds is 8. The first-order chi connectivity index (χ1) is 15.1. The van der Waals surface area contributed by atoms with Crippen LogP contribution in [0.15, 0.2) is 23.8 Å². The highest BCUT2D eigenvalue weighted by atomic mass is 16.6. The summed E-state index contributed by atoms with van der Waals surface area (Å²) in [5.74, 6) is -0.135. The number of carbonyl (C=O) groups is 2. The third-order valence-corrected chi connectivity index (χ3v) is 7.39. The lowest BCUT2D eigenvalue weighted by atomic mass is 9.66. The molecule has 1 heterocycles. The van der Waals surface area contributed by atoms with Crippen LogP contribution in [0.4, 0.5) is 0 Å². The van der Waals surface area contributed by atoms with Gasteiger partial charge >= 0.3 is 11.9 Å². The molecule has 32 heavy (non-hydrogen) atoms. The molecule has 0 aromatic heterocycles. The average Bonchev–Trinajstić information content (AvgIpc) is 2.70. The normalized spacial score (nSPS) is 33.7. The predicted octanol–water partition coefficient (Wildman–Crippen LogP) is 4.09. The first-order valence-electron chi connectivity index (χ1n) is 12.3. The van der Waals surface area contributed by atoms with Gasteiger partial charge in [0.15, 0.2) is 0 Å². The Hall–Kier alpha value is -1.66. The number of esters is 2. The van der Waals surface area contributed by atoms with Gasteiger partial charge in [-0.25, -0.2) is 0 Å². The third kappa shape index (κ3) is 6.02. The van der Waals surface area contributed by atoms with Crippen LogP contribution in [-0.4, -0.2) is 46.6 Å². The van der Waals surface area contributed by atoms with Crippen molar-refractivity contribution in [2.24, 2.45) is 23.2 Å². The van der Waals surface area contributed by atoms with Gasteiger partial charge in [0.1, 0.15) is 12.2 Å². The number of unbranched alkanes of at least 4 members (excludes halogenated alkanes) is 1. The minimum absolute atomic E-state index is 0.00791. The molecular weight excluding hydrogens is 408 g/mol. The molecule has 0 aromatic rings. The summed E-state index contributed by atoms with van der Waals surface area (Å²) in [7, 11) is 0. The van der Waals surface area contributed by atoms with E-state index in [1.807, 2.05) is 26.0 Å². The summed E-state index contributed by atoms with van der Waals surface area (Å²) >= 11 is 0. The van der Waals surface area contributed by atoms with Crippen molar-refractivity contribution in [3.8, 4) is 0 Å². The molecule has 1 saturated heterocycles. The highest BCUT2D eigenvalue weighted by molar-refractivity contribution is 5.76. The lowest BCUT2D eigenvalue weighted by Gasteiger charge is -2.43. The standard InChI is InChI=1S/C26H40O6/c1-5-6-10-26(3,4)25(30)32-22-14-18(27)12-17-8-7-9-21(24(17)22)16(2)11-20-13-19(28)15-23(29)31-20/h7-8,12,16,18-22,24,27-28H,5-6,9-11,13-15H2,1-4H3/t16-,18+,19+,20+,21-,22-,24-/m0/s1. The molecule has 6 nitrogen and oxygen atoms in total. The Kier molecular flexibility index (Phi) is 8.21. The van der Waals surface area contributed by atoms with Crippen molar-refractivity contribution in [1.82, 2.24) is 0 Å². The smallest absolute Gasteiger partial charge is 0.311 e. The van der Waals surface area contributed by atoms with Gasteiger partial charge in [-0.1, -0.05) is 44.9 Å². The first-order valence-corrected chi connectivity index (χ1v) is 12.3. The second kappa shape index (κ2) is 10.5. The van der Waals surface area contributed by atoms with Crippen LogP contribution in [0.3, 0.4) is 0 Å². The van der Waals surface area contributed by atoms with Gasteiger partial charge in [-0.2, -0.15) is 0 Å². The molecule has 180 valence electrons. The van der Waals surface area contributed by atoms with E-state index in [0.717, 1.165) is 31.3 Å². The number of hydrogen-bond donors (Lipinski definition) is 2. The Labute approximate surface area is 192 Å². The molecule has 0 amide bonds. The van der Waals surface area contributed by atoms with Crippen LogP contribution >= 0.6 is 0 Å². The van der Waals surface area contributed by atoms with E-state index < -0.39 is 17.6 Å². The van der Waals surface area contributed by atoms with E-state index in [0.29, 0.717) is 19.3 Å². The molecule has 2 aliphatic carbocycles. The van der Waals surface area contributed by atoms with Gasteiger partial charge in [0, 0.05) is 18.8 Å². The summed E-state index contributed by atoms with van der Waals surface area (Å²) in [4.78, 5) is 24.8. The zero-order valence-electron chi connectivity index (χ0n) is 20.0. The Bertz CT molecular complexity index is 739. The van der Waals surface area contributed by atoms with Crippen LogP contribution in [0, 0.1) is 23.2 Å². The van der Waals surface area contributed by atoms with Crippen LogP contribution in [0.5, 0.6) is 0 Å². The SMILES string of the molecule is CCCCC(C)(C)C(=O)O[C@H]1C[C@H](O)C=C2C=CC[C@@H]([C@@H](C)C[C@@H]3C[C@@H](O)CC(=O)O3)[C@H]21. The Morgan fingerprint density at radius 3 is 2.75 bits per heavy atom. The van der Waals surface area contributed by atoms with Crippen LogP contribution in [0.25, 0.3) is 0 Å². The molecule has 1 aliphatic heterocycles. The number of aliphatic hydroxyl groups is 2. The van der Waals surface area contributed by atoms with Gasteiger partial charge in [-0.15, -0.1) is 0 Å². The topological polar surface area (TPSA) is 93.1 Å². The van der Waals surface area contributed by atoms with Crippen molar-refractivity contribution in [1.29, 1.82) is 0 Å². The highest BCUT2D eigenvalue weighted by Gasteiger charge is 2.44. The van der Waals surface area contributed by atoms with Crippen LogP contribution < -0.4 is 0 Å². The Morgan fingerprint density at radius 1 is 1.31 bits per heavy atom. The fourth-order valence-corrected chi connectivity index (χ4v) is 5.52. The number of allylic oxidation sites excluding steroid dienone is 2. The molecule has 6 heteroatoms. The second-order valence-corrected chi connectivity index (χ2v) is 10.6. The monoisotopic (exact) mass is 448 g/mol. The van der Waals surface area contributed by atoms with Crippen molar-refractivity contribution >= 4 is 11.9 Å². The molecule has 0 bridgehead atoms. The lowest BCUT2D eigenvalue weighted by Crippen LogP contribution is -2.44. The maximum Gasteiger partial charge on any atom is 0.311 e. The number of carbonyl (C=O) groups excluding carboxylic acids is 2.